The Bertz CT molecular complexity index is 1670. The quantitative estimate of drug-likeness (QED) is 0.215. The number of nitrogens with one attached hydrogen (secondary N) is 1. The second-order valence-electron chi connectivity index (χ2n) is 10.9. The van der Waals surface area contributed by atoms with E-state index in [9.17, 15) is 19.1 Å². The van der Waals surface area contributed by atoms with Gasteiger partial charge in [-0.15, -0.1) is 0 Å². The lowest BCUT2D eigenvalue weighted by Crippen LogP contribution is -2.42. The van der Waals surface area contributed by atoms with Crippen LogP contribution < -0.4 is 19.5 Å². The van der Waals surface area contributed by atoms with Crippen molar-refractivity contribution in [2.45, 2.75) is 38.3 Å². The Labute approximate surface area is 256 Å². The number of benzene rings is 4. The topological polar surface area (TPSA) is 97.3 Å². The maximum atomic E-state index is 14.6. The van der Waals surface area contributed by atoms with Gasteiger partial charge in [0.15, 0.2) is 0 Å². The summed E-state index contributed by atoms with van der Waals surface area (Å²) in [6.45, 7) is 2.86. The zero-order valence-electron chi connectivity index (χ0n) is 25.2. The largest absolute Gasteiger partial charge is 0.496 e. The average Bonchev–Trinajstić information content (AvgIpc) is 3.04. The zero-order chi connectivity index (χ0) is 31.2. The van der Waals surface area contributed by atoms with Crippen molar-refractivity contribution in [3.05, 3.63) is 89.2 Å². The molecular weight excluding hydrogens is 563 g/mol. The van der Waals surface area contributed by atoms with E-state index in [1.165, 1.54) is 38.5 Å². The highest BCUT2D eigenvalue weighted by Crippen LogP contribution is 2.44. The van der Waals surface area contributed by atoms with E-state index >= 15 is 0 Å². The highest BCUT2D eigenvalue weighted by molar-refractivity contribution is 6.02. The number of carbonyl (C=O) groups excluding carboxylic acids is 1. The highest BCUT2D eigenvalue weighted by Gasteiger charge is 2.27. The van der Waals surface area contributed by atoms with Gasteiger partial charge in [0.05, 0.1) is 26.9 Å². The predicted octanol–water partition coefficient (Wildman–Crippen LogP) is 6.08. The van der Waals surface area contributed by atoms with Crippen molar-refractivity contribution >= 4 is 22.6 Å². The van der Waals surface area contributed by atoms with Crippen molar-refractivity contribution in [1.29, 1.82) is 0 Å². The molecule has 1 heterocycles. The van der Waals surface area contributed by atoms with Crippen molar-refractivity contribution in [2.75, 3.05) is 34.4 Å². The maximum Gasteiger partial charge on any atom is 0.326 e. The minimum Gasteiger partial charge on any atom is -0.496 e. The lowest BCUT2D eigenvalue weighted by Gasteiger charge is -2.28. The number of rotatable bonds is 11. The van der Waals surface area contributed by atoms with Crippen LogP contribution in [0.15, 0.2) is 66.7 Å². The van der Waals surface area contributed by atoms with Crippen LogP contribution in [0.1, 0.15) is 40.7 Å². The number of fused-ring (bicyclic) bond motifs is 1. The molecule has 2 N–H and O–H groups in total. The zero-order valence-corrected chi connectivity index (χ0v) is 25.2. The second kappa shape index (κ2) is 13.8. The van der Waals surface area contributed by atoms with Gasteiger partial charge in [0, 0.05) is 18.5 Å². The molecule has 1 aliphatic heterocycles. The first kappa shape index (κ1) is 30.8. The van der Waals surface area contributed by atoms with Crippen LogP contribution in [0.25, 0.3) is 21.9 Å². The van der Waals surface area contributed by atoms with Gasteiger partial charge in [-0.25, -0.2) is 9.18 Å². The standard InChI is InChI=1S/C35H37FN2O6/c1-42-29-15-9-14-27(36)32(29)34(39)37-28(35(40)41)20-22-10-7-12-25-24(22)11-8-13-26(25)31-30(43-2)17-16-23(33(31)44-3)21-38-18-5-4-6-19-38/h7-17,28H,4-6,18-21H2,1-3H3,(H,37,39)(H,40,41)/t28-/m0/s1. The molecular formula is C35H37FN2O6. The number of aliphatic carboxylic acids is 1. The summed E-state index contributed by atoms with van der Waals surface area (Å²) in [5.41, 5.74) is 3.13. The van der Waals surface area contributed by atoms with E-state index < -0.39 is 23.7 Å². The predicted molar refractivity (Wildman–Crippen MR) is 167 cm³/mol. The number of carbonyl (C=O) groups is 2. The molecule has 5 rings (SSSR count). The molecule has 0 radical (unpaired) electrons. The van der Waals surface area contributed by atoms with Crippen molar-refractivity contribution < 1.29 is 33.3 Å². The third-order valence-electron chi connectivity index (χ3n) is 8.20. The van der Waals surface area contributed by atoms with E-state index in [2.05, 4.69) is 16.3 Å². The Kier molecular flexibility index (Phi) is 9.65. The lowest BCUT2D eigenvalue weighted by molar-refractivity contribution is -0.139. The summed E-state index contributed by atoms with van der Waals surface area (Å²) in [4.78, 5) is 27.8. The molecule has 9 heteroatoms. The third kappa shape index (κ3) is 6.33. The first-order chi connectivity index (χ1) is 21.4. The molecule has 4 aromatic rings. The smallest absolute Gasteiger partial charge is 0.326 e. The van der Waals surface area contributed by atoms with Gasteiger partial charge in [-0.2, -0.15) is 0 Å². The first-order valence-corrected chi connectivity index (χ1v) is 14.7. The number of carboxylic acid groups (broad SMARTS) is 1. The van der Waals surface area contributed by atoms with Crippen LogP contribution >= 0.6 is 0 Å². The molecule has 0 unspecified atom stereocenters. The van der Waals surface area contributed by atoms with E-state index in [1.807, 2.05) is 42.5 Å². The fourth-order valence-corrected chi connectivity index (χ4v) is 6.07. The molecule has 8 nitrogen and oxygen atoms in total. The third-order valence-corrected chi connectivity index (χ3v) is 8.20. The van der Waals surface area contributed by atoms with E-state index in [0.717, 1.165) is 58.9 Å². The van der Waals surface area contributed by atoms with Gasteiger partial charge < -0.3 is 24.6 Å². The van der Waals surface area contributed by atoms with Gasteiger partial charge >= 0.3 is 5.97 Å². The monoisotopic (exact) mass is 600 g/mol. The van der Waals surface area contributed by atoms with Crippen LogP contribution in [-0.4, -0.2) is 62.3 Å². The summed E-state index contributed by atoms with van der Waals surface area (Å²) in [6, 6.07) is 18.2. The molecule has 0 saturated carbocycles. The molecule has 1 saturated heterocycles. The number of methoxy groups -OCH3 is 3. The minimum atomic E-state index is -1.32. The van der Waals surface area contributed by atoms with Gasteiger partial charge in [-0.3, -0.25) is 9.69 Å². The van der Waals surface area contributed by atoms with Crippen LogP contribution in [0.4, 0.5) is 4.39 Å². The van der Waals surface area contributed by atoms with Crippen LogP contribution in [-0.2, 0) is 17.8 Å². The van der Waals surface area contributed by atoms with E-state index in [1.54, 1.807) is 14.2 Å². The van der Waals surface area contributed by atoms with Gasteiger partial charge in [-0.05, 0) is 66.0 Å². The summed E-state index contributed by atoms with van der Waals surface area (Å²) in [7, 11) is 4.62. The van der Waals surface area contributed by atoms with E-state index in [4.69, 9.17) is 14.2 Å². The molecule has 1 amide bonds. The molecule has 0 bridgehead atoms. The van der Waals surface area contributed by atoms with Crippen molar-refractivity contribution in [1.82, 2.24) is 10.2 Å². The molecule has 1 fully saturated rings. The van der Waals surface area contributed by atoms with Crippen molar-refractivity contribution in [3.8, 4) is 28.4 Å². The SMILES string of the molecule is COc1cccc(F)c1C(=O)N[C@@H](Cc1cccc2c(-c3c(OC)ccc(CN4CCCCC4)c3OC)cccc12)C(=O)O. The highest BCUT2D eigenvalue weighted by atomic mass is 19.1. The van der Waals surface area contributed by atoms with Gasteiger partial charge in [0.25, 0.3) is 5.91 Å². The van der Waals surface area contributed by atoms with Crippen LogP contribution in [0.5, 0.6) is 17.2 Å². The first-order valence-electron chi connectivity index (χ1n) is 14.7. The van der Waals surface area contributed by atoms with Crippen LogP contribution in [0.2, 0.25) is 0 Å². The number of hydrogen-bond acceptors (Lipinski definition) is 6. The number of piperidine rings is 1. The average molecular weight is 601 g/mol. The molecule has 0 aromatic heterocycles. The Morgan fingerprint density at radius 1 is 0.841 bits per heavy atom. The number of hydrogen-bond donors (Lipinski definition) is 2. The van der Waals surface area contributed by atoms with Crippen LogP contribution in [0.3, 0.4) is 0 Å². The van der Waals surface area contributed by atoms with Crippen molar-refractivity contribution in [3.63, 3.8) is 0 Å². The molecule has 0 spiro atoms. The normalized spacial score (nSPS) is 14.2. The molecule has 230 valence electrons. The molecule has 4 aromatic carbocycles. The van der Waals surface area contributed by atoms with Crippen LogP contribution in [0, 0.1) is 5.82 Å². The lowest BCUT2D eigenvalue weighted by atomic mass is 9.91. The van der Waals surface area contributed by atoms with Crippen molar-refractivity contribution in [2.24, 2.45) is 0 Å². The summed E-state index contributed by atoms with van der Waals surface area (Å²) in [5, 5.41) is 14.2. The number of halogens is 1. The fraction of sp³-hybridized carbons (Fsp3) is 0.314. The maximum absolute atomic E-state index is 14.6. The number of nitrogens with zero attached hydrogens (tertiary/aromatic N) is 1. The number of carboxylic acids is 1. The Morgan fingerprint density at radius 3 is 2.25 bits per heavy atom. The minimum absolute atomic E-state index is 0.0202. The van der Waals surface area contributed by atoms with Gasteiger partial charge in [0.1, 0.15) is 34.7 Å². The second-order valence-corrected chi connectivity index (χ2v) is 10.9. The molecule has 44 heavy (non-hydrogen) atoms. The van der Waals surface area contributed by atoms with Gasteiger partial charge in [0.2, 0.25) is 0 Å². The van der Waals surface area contributed by atoms with Gasteiger partial charge in [-0.1, -0.05) is 55.0 Å². The molecule has 0 aliphatic carbocycles. The summed E-state index contributed by atoms with van der Waals surface area (Å²) in [5.74, 6) is -1.49. The van der Waals surface area contributed by atoms with E-state index in [-0.39, 0.29) is 17.7 Å². The Balaban J connectivity index is 1.53. The number of likely N-dealkylation sites (tertiary alicyclic amines) is 1. The molecule has 1 aliphatic rings. The number of ether oxygens (including phenoxy) is 3. The summed E-state index contributed by atoms with van der Waals surface area (Å²) in [6.07, 6.45) is 3.59. The summed E-state index contributed by atoms with van der Waals surface area (Å²) >= 11 is 0. The fourth-order valence-electron chi connectivity index (χ4n) is 6.07. The Morgan fingerprint density at radius 2 is 1.55 bits per heavy atom. The Hall–Kier alpha value is -4.63. The summed E-state index contributed by atoms with van der Waals surface area (Å²) < 4.78 is 31.5. The van der Waals surface area contributed by atoms with E-state index in [0.29, 0.717) is 11.3 Å². The number of amides is 1. The molecule has 1 atom stereocenters.